The van der Waals surface area contributed by atoms with Crippen LogP contribution in [0.15, 0.2) is 73.1 Å². The van der Waals surface area contributed by atoms with Gasteiger partial charge in [-0.05, 0) is 73.2 Å². The van der Waals surface area contributed by atoms with Gasteiger partial charge >= 0.3 is 0 Å². The molecule has 4 aromatic rings. The molecule has 198 valence electrons. The molecule has 1 unspecified atom stereocenters. The van der Waals surface area contributed by atoms with Crippen LogP contribution in [0, 0.1) is 5.82 Å². The molecule has 0 saturated carbocycles. The lowest BCUT2D eigenvalue weighted by Crippen LogP contribution is -2.40. The fraction of sp³-hybridized carbons (Fsp3) is 0.310. The minimum atomic E-state index is -0.283. The molecule has 8 nitrogen and oxygen atoms in total. The second kappa shape index (κ2) is 12.5. The van der Waals surface area contributed by atoms with Crippen LogP contribution in [0.4, 0.5) is 4.39 Å². The van der Waals surface area contributed by atoms with Crippen molar-refractivity contribution in [2.75, 3.05) is 39.5 Å². The number of morpholine rings is 1. The van der Waals surface area contributed by atoms with Crippen molar-refractivity contribution >= 4 is 16.9 Å². The third kappa shape index (κ3) is 6.67. The maximum Gasteiger partial charge on any atom is 0.251 e. The SMILES string of the molecule is O=C(NCCC1CNCCO1)c1ccc2c(c1)ncn2-c1ccc(OCCCOc2ccc(F)cc2)cc1. The Bertz CT molecular complexity index is 1340. The van der Waals surface area contributed by atoms with Crippen LogP contribution >= 0.6 is 0 Å². The van der Waals surface area contributed by atoms with Gasteiger partial charge in [0.1, 0.15) is 23.6 Å². The van der Waals surface area contributed by atoms with Crippen LogP contribution in [0.5, 0.6) is 11.5 Å². The molecule has 1 saturated heterocycles. The number of hydrogen-bond acceptors (Lipinski definition) is 6. The number of nitrogens with one attached hydrogen (secondary N) is 2. The average molecular weight is 519 g/mol. The summed E-state index contributed by atoms with van der Waals surface area (Å²) in [6.45, 7) is 3.96. The Morgan fingerprint density at radius 1 is 1.05 bits per heavy atom. The summed E-state index contributed by atoms with van der Waals surface area (Å²) in [6, 6.07) is 19.3. The molecule has 2 N–H and O–H groups in total. The van der Waals surface area contributed by atoms with E-state index in [0.29, 0.717) is 44.1 Å². The second-order valence-electron chi connectivity index (χ2n) is 9.06. The highest BCUT2D eigenvalue weighted by Crippen LogP contribution is 2.22. The van der Waals surface area contributed by atoms with Crippen molar-refractivity contribution in [2.45, 2.75) is 18.9 Å². The first kappa shape index (κ1) is 25.7. The third-order valence-electron chi connectivity index (χ3n) is 6.32. The van der Waals surface area contributed by atoms with Crippen molar-refractivity contribution in [1.82, 2.24) is 20.2 Å². The van der Waals surface area contributed by atoms with Gasteiger partial charge in [0.25, 0.3) is 5.91 Å². The molecule has 0 bridgehead atoms. The molecule has 9 heteroatoms. The number of imidazole rings is 1. The Kier molecular flexibility index (Phi) is 8.47. The maximum absolute atomic E-state index is 12.9. The van der Waals surface area contributed by atoms with Gasteiger partial charge in [-0.15, -0.1) is 0 Å². The summed E-state index contributed by atoms with van der Waals surface area (Å²) >= 11 is 0. The first-order valence-electron chi connectivity index (χ1n) is 12.8. The van der Waals surface area contributed by atoms with Gasteiger partial charge < -0.3 is 24.8 Å². The van der Waals surface area contributed by atoms with Gasteiger partial charge in [-0.25, -0.2) is 9.37 Å². The number of aromatic nitrogens is 2. The van der Waals surface area contributed by atoms with Gasteiger partial charge in [0.2, 0.25) is 0 Å². The highest BCUT2D eigenvalue weighted by Gasteiger charge is 2.14. The molecule has 1 amide bonds. The highest BCUT2D eigenvalue weighted by atomic mass is 19.1. The Hall–Kier alpha value is -3.95. The molecule has 1 fully saturated rings. The smallest absolute Gasteiger partial charge is 0.251 e. The predicted octanol–water partition coefficient (Wildman–Crippen LogP) is 4.12. The lowest BCUT2D eigenvalue weighted by Gasteiger charge is -2.23. The van der Waals surface area contributed by atoms with Crippen molar-refractivity contribution in [3.63, 3.8) is 0 Å². The average Bonchev–Trinajstić information content (AvgIpc) is 3.38. The van der Waals surface area contributed by atoms with E-state index >= 15 is 0 Å². The van der Waals surface area contributed by atoms with Gasteiger partial charge in [0, 0.05) is 37.3 Å². The third-order valence-corrected chi connectivity index (χ3v) is 6.32. The number of benzene rings is 3. The first-order chi connectivity index (χ1) is 18.7. The molecule has 5 rings (SSSR count). The Labute approximate surface area is 220 Å². The molecular formula is C29H31FN4O4. The van der Waals surface area contributed by atoms with Gasteiger partial charge in [0.15, 0.2) is 0 Å². The molecule has 1 aliphatic rings. The molecule has 0 aliphatic carbocycles. The van der Waals surface area contributed by atoms with Crippen LogP contribution in [0.25, 0.3) is 16.7 Å². The number of fused-ring (bicyclic) bond motifs is 1. The standard InChI is InChI=1S/C29H31FN4O4/c30-22-3-7-24(8-4-22)36-15-1-16-37-25-9-5-23(6-10-25)34-20-33-27-18-21(2-11-28(27)34)29(35)32-13-12-26-19-31-14-17-38-26/h2-11,18,20,26,31H,1,12-17,19H2,(H,32,35). The fourth-order valence-electron chi connectivity index (χ4n) is 4.29. The van der Waals surface area contributed by atoms with Crippen LogP contribution < -0.4 is 20.1 Å². The molecule has 0 radical (unpaired) electrons. The second-order valence-corrected chi connectivity index (χ2v) is 9.06. The van der Waals surface area contributed by atoms with Crippen molar-refractivity contribution in [3.05, 3.63) is 84.4 Å². The summed E-state index contributed by atoms with van der Waals surface area (Å²) in [6.07, 6.45) is 3.37. The summed E-state index contributed by atoms with van der Waals surface area (Å²) in [5.74, 6) is 0.997. The van der Waals surface area contributed by atoms with E-state index in [0.717, 1.165) is 42.0 Å². The summed E-state index contributed by atoms with van der Waals surface area (Å²) < 4.78 is 32.0. The number of hydrogen-bond donors (Lipinski definition) is 2. The van der Waals surface area contributed by atoms with E-state index in [9.17, 15) is 9.18 Å². The zero-order valence-electron chi connectivity index (χ0n) is 21.1. The topological polar surface area (TPSA) is 86.6 Å². The van der Waals surface area contributed by atoms with Crippen molar-refractivity contribution in [2.24, 2.45) is 0 Å². The van der Waals surface area contributed by atoms with Crippen LogP contribution in [-0.2, 0) is 4.74 Å². The number of nitrogens with zero attached hydrogens (tertiary/aromatic N) is 2. The molecule has 3 aromatic carbocycles. The number of carbonyl (C=O) groups excluding carboxylic acids is 1. The first-order valence-corrected chi connectivity index (χ1v) is 12.8. The minimum absolute atomic E-state index is 0.116. The van der Waals surface area contributed by atoms with Crippen molar-refractivity contribution in [1.29, 1.82) is 0 Å². The quantitative estimate of drug-likeness (QED) is 0.291. The normalized spacial score (nSPS) is 15.3. The van der Waals surface area contributed by atoms with E-state index in [-0.39, 0.29) is 17.8 Å². The number of carbonyl (C=O) groups is 1. The number of amides is 1. The van der Waals surface area contributed by atoms with E-state index in [4.69, 9.17) is 14.2 Å². The number of rotatable bonds is 11. The van der Waals surface area contributed by atoms with Crippen molar-refractivity contribution in [3.8, 4) is 17.2 Å². The van der Waals surface area contributed by atoms with Crippen LogP contribution in [0.2, 0.25) is 0 Å². The maximum atomic E-state index is 12.9. The van der Waals surface area contributed by atoms with Gasteiger partial charge in [0.05, 0.1) is 37.0 Å². The summed E-state index contributed by atoms with van der Waals surface area (Å²) in [7, 11) is 0. The van der Waals surface area contributed by atoms with Crippen LogP contribution in [-0.4, -0.2) is 61.0 Å². The Morgan fingerprint density at radius 3 is 2.50 bits per heavy atom. The zero-order chi connectivity index (χ0) is 26.2. The van der Waals surface area contributed by atoms with Gasteiger partial charge in [-0.2, -0.15) is 0 Å². The van der Waals surface area contributed by atoms with E-state index in [1.165, 1.54) is 12.1 Å². The van der Waals surface area contributed by atoms with Gasteiger partial charge in [-0.3, -0.25) is 9.36 Å². The monoisotopic (exact) mass is 518 g/mol. The number of halogens is 1. The molecule has 1 atom stereocenters. The fourth-order valence-corrected chi connectivity index (χ4v) is 4.29. The minimum Gasteiger partial charge on any atom is -0.493 e. The number of ether oxygens (including phenoxy) is 3. The van der Waals surface area contributed by atoms with E-state index in [2.05, 4.69) is 15.6 Å². The molecule has 2 heterocycles. The molecule has 38 heavy (non-hydrogen) atoms. The molecule has 0 spiro atoms. The summed E-state index contributed by atoms with van der Waals surface area (Å²) in [4.78, 5) is 17.1. The lowest BCUT2D eigenvalue weighted by atomic mass is 10.1. The van der Waals surface area contributed by atoms with Crippen molar-refractivity contribution < 1.29 is 23.4 Å². The van der Waals surface area contributed by atoms with Crippen LogP contribution in [0.3, 0.4) is 0 Å². The predicted molar refractivity (Wildman–Crippen MR) is 143 cm³/mol. The zero-order valence-corrected chi connectivity index (χ0v) is 21.1. The van der Waals surface area contributed by atoms with E-state index < -0.39 is 0 Å². The summed E-state index contributed by atoms with van der Waals surface area (Å²) in [5, 5.41) is 6.27. The largest absolute Gasteiger partial charge is 0.493 e. The Morgan fingerprint density at radius 2 is 1.79 bits per heavy atom. The molecular weight excluding hydrogens is 487 g/mol. The van der Waals surface area contributed by atoms with Gasteiger partial charge in [-0.1, -0.05) is 0 Å². The molecule has 1 aromatic heterocycles. The lowest BCUT2D eigenvalue weighted by molar-refractivity contribution is 0.0239. The van der Waals surface area contributed by atoms with E-state index in [1.807, 2.05) is 47.0 Å². The van der Waals surface area contributed by atoms with E-state index in [1.54, 1.807) is 18.5 Å². The van der Waals surface area contributed by atoms with Crippen LogP contribution in [0.1, 0.15) is 23.2 Å². The highest BCUT2D eigenvalue weighted by molar-refractivity contribution is 5.97. The molecule has 1 aliphatic heterocycles. The summed E-state index contributed by atoms with van der Waals surface area (Å²) in [5.41, 5.74) is 3.18. The Balaban J connectivity index is 1.11.